The number of hydrogen-bond donors (Lipinski definition) is 1. The highest BCUT2D eigenvalue weighted by Crippen LogP contribution is 2.36. The van der Waals surface area contributed by atoms with Gasteiger partial charge in [-0.25, -0.2) is 4.98 Å². The molecule has 1 N–H and O–H groups in total. The van der Waals surface area contributed by atoms with E-state index in [9.17, 15) is 4.79 Å². The standard InChI is InChI=1S/C23H28N6O2/c1-15-12-16-14-24-23(26-21(16)29(22(15)30)17-4-5-17)25-19-7-6-18(13-20(19)31-3)28-10-8-27(2)9-11-28/h6-7,12-14,17H,4-5,8-11H2,1-3H3,(H,24,25,26). The van der Waals surface area contributed by atoms with Crippen molar-refractivity contribution in [3.05, 3.63) is 46.4 Å². The van der Waals surface area contributed by atoms with Crippen LogP contribution in [-0.2, 0) is 0 Å². The fourth-order valence-corrected chi connectivity index (χ4v) is 4.15. The number of rotatable bonds is 5. The number of ether oxygens (including phenoxy) is 1. The number of piperazine rings is 1. The summed E-state index contributed by atoms with van der Waals surface area (Å²) in [6, 6.07) is 8.27. The number of nitrogens with one attached hydrogen (secondary N) is 1. The smallest absolute Gasteiger partial charge is 0.255 e. The molecule has 8 heteroatoms. The molecule has 0 radical (unpaired) electrons. The van der Waals surface area contributed by atoms with Crippen LogP contribution >= 0.6 is 0 Å². The average molecular weight is 421 g/mol. The molecule has 0 atom stereocenters. The van der Waals surface area contributed by atoms with E-state index in [4.69, 9.17) is 9.72 Å². The van der Waals surface area contributed by atoms with Crippen molar-refractivity contribution < 1.29 is 4.74 Å². The third-order valence-electron chi connectivity index (χ3n) is 6.16. The Morgan fingerprint density at radius 3 is 2.61 bits per heavy atom. The van der Waals surface area contributed by atoms with Gasteiger partial charge in [0.1, 0.15) is 11.4 Å². The largest absolute Gasteiger partial charge is 0.494 e. The summed E-state index contributed by atoms with van der Waals surface area (Å²) >= 11 is 0. The fourth-order valence-electron chi connectivity index (χ4n) is 4.15. The van der Waals surface area contributed by atoms with Gasteiger partial charge in [-0.3, -0.25) is 9.36 Å². The van der Waals surface area contributed by atoms with Crippen LogP contribution in [0.2, 0.25) is 0 Å². The van der Waals surface area contributed by atoms with Gasteiger partial charge >= 0.3 is 0 Å². The van der Waals surface area contributed by atoms with E-state index in [1.54, 1.807) is 13.3 Å². The highest BCUT2D eigenvalue weighted by atomic mass is 16.5. The topological polar surface area (TPSA) is 75.5 Å². The van der Waals surface area contributed by atoms with Gasteiger partial charge in [-0.2, -0.15) is 4.98 Å². The van der Waals surface area contributed by atoms with Crippen molar-refractivity contribution in [3.63, 3.8) is 0 Å². The molecule has 1 aromatic carbocycles. The van der Waals surface area contributed by atoms with Gasteiger partial charge < -0.3 is 19.9 Å². The van der Waals surface area contributed by atoms with Gasteiger partial charge in [-0.15, -0.1) is 0 Å². The second-order valence-electron chi connectivity index (χ2n) is 8.51. The predicted octanol–water partition coefficient (Wildman–Crippen LogP) is 2.94. The van der Waals surface area contributed by atoms with Crippen LogP contribution < -0.4 is 20.5 Å². The summed E-state index contributed by atoms with van der Waals surface area (Å²) < 4.78 is 7.48. The van der Waals surface area contributed by atoms with Gasteiger partial charge in [0.15, 0.2) is 0 Å². The third-order valence-corrected chi connectivity index (χ3v) is 6.16. The molecule has 3 heterocycles. The molecular formula is C23H28N6O2. The fraction of sp³-hybridized carbons (Fsp3) is 0.435. The van der Waals surface area contributed by atoms with E-state index in [-0.39, 0.29) is 11.6 Å². The zero-order valence-electron chi connectivity index (χ0n) is 18.3. The monoisotopic (exact) mass is 420 g/mol. The molecule has 0 unspecified atom stereocenters. The van der Waals surface area contributed by atoms with E-state index in [0.717, 1.165) is 67.1 Å². The molecule has 0 spiro atoms. The number of nitrogens with zero attached hydrogens (tertiary/aromatic N) is 5. The summed E-state index contributed by atoms with van der Waals surface area (Å²) in [6.45, 7) is 5.95. The Morgan fingerprint density at radius 1 is 1.13 bits per heavy atom. The van der Waals surface area contributed by atoms with E-state index < -0.39 is 0 Å². The zero-order valence-corrected chi connectivity index (χ0v) is 18.3. The molecule has 1 saturated heterocycles. The van der Waals surface area contributed by atoms with E-state index in [2.05, 4.69) is 39.3 Å². The second-order valence-corrected chi connectivity index (χ2v) is 8.51. The number of pyridine rings is 1. The third kappa shape index (κ3) is 3.83. The number of anilines is 3. The Morgan fingerprint density at radius 2 is 1.90 bits per heavy atom. The first-order valence-corrected chi connectivity index (χ1v) is 10.8. The summed E-state index contributed by atoms with van der Waals surface area (Å²) in [7, 11) is 3.82. The van der Waals surface area contributed by atoms with Gasteiger partial charge in [0.25, 0.3) is 5.56 Å². The molecule has 2 aliphatic rings. The summed E-state index contributed by atoms with van der Waals surface area (Å²) in [4.78, 5) is 26.6. The summed E-state index contributed by atoms with van der Waals surface area (Å²) in [5.41, 5.74) is 3.39. The van der Waals surface area contributed by atoms with Crippen molar-refractivity contribution in [2.75, 3.05) is 50.6 Å². The van der Waals surface area contributed by atoms with Crippen LogP contribution in [0.1, 0.15) is 24.4 Å². The lowest BCUT2D eigenvalue weighted by Gasteiger charge is -2.34. The summed E-state index contributed by atoms with van der Waals surface area (Å²) in [5, 5.41) is 4.17. The Hall–Kier alpha value is -3.13. The second kappa shape index (κ2) is 7.85. The van der Waals surface area contributed by atoms with Crippen molar-refractivity contribution in [2.24, 2.45) is 0 Å². The summed E-state index contributed by atoms with van der Waals surface area (Å²) in [5.74, 6) is 1.19. The van der Waals surface area contributed by atoms with Crippen molar-refractivity contribution in [2.45, 2.75) is 25.8 Å². The average Bonchev–Trinajstić information content (AvgIpc) is 3.61. The SMILES string of the molecule is COc1cc(N2CCN(C)CC2)ccc1Nc1ncc2cc(C)c(=O)n(C3CC3)c2n1. The van der Waals surface area contributed by atoms with Crippen molar-refractivity contribution in [3.8, 4) is 5.75 Å². The molecule has 5 rings (SSSR count). The molecule has 1 saturated carbocycles. The zero-order chi connectivity index (χ0) is 21.5. The predicted molar refractivity (Wildman–Crippen MR) is 123 cm³/mol. The van der Waals surface area contributed by atoms with Crippen LogP contribution in [0.4, 0.5) is 17.3 Å². The van der Waals surface area contributed by atoms with E-state index in [0.29, 0.717) is 11.6 Å². The van der Waals surface area contributed by atoms with Gasteiger partial charge in [0.2, 0.25) is 5.95 Å². The first-order chi connectivity index (χ1) is 15.0. The van der Waals surface area contributed by atoms with Crippen molar-refractivity contribution in [1.29, 1.82) is 0 Å². The molecule has 1 aliphatic carbocycles. The minimum Gasteiger partial charge on any atom is -0.494 e. The minimum atomic E-state index is 0.0359. The van der Waals surface area contributed by atoms with Gasteiger partial charge in [0.05, 0.1) is 12.8 Å². The van der Waals surface area contributed by atoms with E-state index >= 15 is 0 Å². The lowest BCUT2D eigenvalue weighted by molar-refractivity contribution is 0.312. The number of likely N-dealkylation sites (N-methyl/N-ethyl adjacent to an activating group) is 1. The Balaban J connectivity index is 1.46. The lowest BCUT2D eigenvalue weighted by atomic mass is 10.2. The van der Waals surface area contributed by atoms with Crippen LogP contribution in [0.5, 0.6) is 5.75 Å². The van der Waals surface area contributed by atoms with E-state index in [1.807, 2.05) is 23.6 Å². The number of hydrogen-bond acceptors (Lipinski definition) is 7. The molecule has 2 fully saturated rings. The normalized spacial score (nSPS) is 17.2. The van der Waals surface area contributed by atoms with Crippen LogP contribution in [0.25, 0.3) is 11.0 Å². The maximum atomic E-state index is 12.7. The molecule has 0 bridgehead atoms. The van der Waals surface area contributed by atoms with E-state index in [1.165, 1.54) is 0 Å². The molecule has 8 nitrogen and oxygen atoms in total. The molecular weight excluding hydrogens is 392 g/mol. The van der Waals surface area contributed by atoms with Crippen molar-refractivity contribution >= 4 is 28.4 Å². The van der Waals surface area contributed by atoms with Gasteiger partial charge in [0, 0.05) is 61.1 Å². The van der Waals surface area contributed by atoms with Crippen LogP contribution in [-0.4, -0.2) is 59.8 Å². The maximum Gasteiger partial charge on any atom is 0.255 e. The Labute approximate surface area is 181 Å². The number of fused-ring (bicyclic) bond motifs is 1. The first-order valence-electron chi connectivity index (χ1n) is 10.8. The molecule has 2 aromatic heterocycles. The summed E-state index contributed by atoms with van der Waals surface area (Å²) in [6.07, 6.45) is 3.82. The molecule has 31 heavy (non-hydrogen) atoms. The number of aromatic nitrogens is 3. The van der Waals surface area contributed by atoms with Gasteiger partial charge in [-0.1, -0.05) is 0 Å². The molecule has 0 amide bonds. The highest BCUT2D eigenvalue weighted by molar-refractivity contribution is 5.77. The molecule has 3 aromatic rings. The maximum absolute atomic E-state index is 12.7. The number of benzene rings is 1. The van der Waals surface area contributed by atoms with Crippen LogP contribution in [0.3, 0.4) is 0 Å². The van der Waals surface area contributed by atoms with Crippen molar-refractivity contribution in [1.82, 2.24) is 19.4 Å². The first kappa shape index (κ1) is 19.8. The minimum absolute atomic E-state index is 0.0359. The van der Waals surface area contributed by atoms with Crippen LogP contribution in [0.15, 0.2) is 35.3 Å². The molecule has 1 aliphatic heterocycles. The van der Waals surface area contributed by atoms with Gasteiger partial charge in [-0.05, 0) is 45.0 Å². The number of aryl methyl sites for hydroxylation is 1. The Bertz CT molecular complexity index is 1180. The number of methoxy groups -OCH3 is 1. The molecule has 162 valence electrons. The quantitative estimate of drug-likeness (QED) is 0.680. The van der Waals surface area contributed by atoms with Crippen LogP contribution in [0, 0.1) is 6.92 Å². The highest BCUT2D eigenvalue weighted by Gasteiger charge is 2.27. The lowest BCUT2D eigenvalue weighted by Crippen LogP contribution is -2.44. The Kier molecular flexibility index (Phi) is 5.02.